The molecular weight excluding hydrogens is 124 g/mol. The van der Waals surface area contributed by atoms with E-state index in [-0.39, 0.29) is 0 Å². The number of nitrogens with zero attached hydrogens (tertiary/aromatic N) is 1. The second-order valence-electron chi connectivity index (χ2n) is 3.78. The molecule has 2 N–H and O–H groups in total. The lowest BCUT2D eigenvalue weighted by atomic mass is 9.99. The van der Waals surface area contributed by atoms with Crippen LogP contribution >= 0.6 is 0 Å². The largest absolute Gasteiger partial charge is 0.328 e. The lowest BCUT2D eigenvalue weighted by Crippen LogP contribution is -2.45. The Hall–Kier alpha value is -0.0800. The van der Waals surface area contributed by atoms with Crippen LogP contribution in [0.15, 0.2) is 0 Å². The van der Waals surface area contributed by atoms with Crippen LogP contribution in [0.4, 0.5) is 0 Å². The Balaban J connectivity index is 2.09. The lowest BCUT2D eigenvalue weighted by Gasteiger charge is -2.34. The van der Waals surface area contributed by atoms with Crippen LogP contribution in [0.25, 0.3) is 0 Å². The molecule has 2 fully saturated rings. The third-order valence-electron chi connectivity index (χ3n) is 3.13. The van der Waals surface area contributed by atoms with Crippen molar-refractivity contribution in [1.29, 1.82) is 0 Å². The minimum absolute atomic E-state index is 0.494. The predicted octanol–water partition coefficient (Wildman–Crippen LogP) is 0.570. The maximum absolute atomic E-state index is 5.89. The summed E-state index contributed by atoms with van der Waals surface area (Å²) in [7, 11) is 2.24. The van der Waals surface area contributed by atoms with Crippen molar-refractivity contribution in [3.8, 4) is 0 Å². The molecule has 0 amide bonds. The Kier molecular flexibility index (Phi) is 1.46. The zero-order valence-corrected chi connectivity index (χ0v) is 6.59. The molecule has 2 aliphatic rings. The monoisotopic (exact) mass is 140 g/mol. The van der Waals surface area contributed by atoms with Gasteiger partial charge in [-0.15, -0.1) is 0 Å². The van der Waals surface area contributed by atoms with Crippen molar-refractivity contribution in [2.45, 2.75) is 43.8 Å². The van der Waals surface area contributed by atoms with Crippen molar-refractivity contribution in [2.75, 3.05) is 7.05 Å². The fraction of sp³-hybridized carbons (Fsp3) is 1.00. The smallest absolute Gasteiger partial charge is 0.0110 e. The highest BCUT2D eigenvalue weighted by molar-refractivity contribution is 4.94. The van der Waals surface area contributed by atoms with Gasteiger partial charge in [0.25, 0.3) is 0 Å². The molecule has 2 heterocycles. The molecular formula is C8H16N2. The van der Waals surface area contributed by atoms with Gasteiger partial charge in [-0.3, -0.25) is 0 Å². The Labute approximate surface area is 62.4 Å². The number of fused-ring (bicyclic) bond motifs is 2. The first-order valence-corrected chi connectivity index (χ1v) is 4.25. The van der Waals surface area contributed by atoms with Crippen LogP contribution in [0.2, 0.25) is 0 Å². The molecule has 2 nitrogen and oxygen atoms in total. The molecule has 2 unspecified atom stereocenters. The van der Waals surface area contributed by atoms with E-state index in [4.69, 9.17) is 5.73 Å². The Morgan fingerprint density at radius 2 is 1.70 bits per heavy atom. The Morgan fingerprint density at radius 1 is 1.20 bits per heavy atom. The molecule has 2 heteroatoms. The molecule has 0 aliphatic carbocycles. The molecule has 0 aromatic heterocycles. The maximum atomic E-state index is 5.89. The van der Waals surface area contributed by atoms with Gasteiger partial charge in [0.1, 0.15) is 0 Å². The second kappa shape index (κ2) is 2.21. The number of piperidine rings is 1. The summed E-state index contributed by atoms with van der Waals surface area (Å²) in [6.45, 7) is 0. The van der Waals surface area contributed by atoms with Crippen LogP contribution < -0.4 is 5.73 Å². The van der Waals surface area contributed by atoms with Gasteiger partial charge in [-0.1, -0.05) is 0 Å². The highest BCUT2D eigenvalue weighted by Gasteiger charge is 2.36. The van der Waals surface area contributed by atoms with Crippen molar-refractivity contribution < 1.29 is 0 Å². The fourth-order valence-corrected chi connectivity index (χ4v) is 2.45. The summed E-state index contributed by atoms with van der Waals surface area (Å²) in [6.07, 6.45) is 5.23. The Bertz CT molecular complexity index is 121. The topological polar surface area (TPSA) is 29.3 Å². The molecule has 2 saturated heterocycles. The minimum Gasteiger partial charge on any atom is -0.328 e. The lowest BCUT2D eigenvalue weighted by molar-refractivity contribution is 0.163. The fourth-order valence-electron chi connectivity index (χ4n) is 2.45. The predicted molar refractivity (Wildman–Crippen MR) is 41.8 cm³/mol. The van der Waals surface area contributed by atoms with E-state index in [0.29, 0.717) is 6.04 Å². The average Bonchev–Trinajstić information content (AvgIpc) is 2.20. The SMILES string of the molecule is CN1C2CC[C@@H]1CC(N)C2. The summed E-state index contributed by atoms with van der Waals surface area (Å²) in [5.74, 6) is 0. The highest BCUT2D eigenvalue weighted by atomic mass is 15.2. The molecule has 2 rings (SSSR count). The van der Waals surface area contributed by atoms with Gasteiger partial charge in [0.2, 0.25) is 0 Å². The average molecular weight is 140 g/mol. The van der Waals surface area contributed by atoms with E-state index in [1.165, 1.54) is 25.7 Å². The van der Waals surface area contributed by atoms with E-state index in [1.807, 2.05) is 0 Å². The zero-order valence-electron chi connectivity index (χ0n) is 6.59. The summed E-state index contributed by atoms with van der Waals surface area (Å²) < 4.78 is 0. The van der Waals surface area contributed by atoms with Crippen molar-refractivity contribution in [1.82, 2.24) is 4.90 Å². The van der Waals surface area contributed by atoms with E-state index in [1.54, 1.807) is 0 Å². The third-order valence-corrected chi connectivity index (χ3v) is 3.13. The molecule has 58 valence electrons. The Morgan fingerprint density at radius 3 is 2.20 bits per heavy atom. The first-order chi connectivity index (χ1) is 4.77. The quantitative estimate of drug-likeness (QED) is 0.533. The second-order valence-corrected chi connectivity index (χ2v) is 3.78. The number of rotatable bonds is 0. The standard InChI is InChI=1S/C8H16N2/c1-10-7-2-3-8(10)5-6(9)4-7/h6-8H,2-5,9H2,1H3/t6?,7-,8?/m1/s1. The van der Waals surface area contributed by atoms with Gasteiger partial charge in [-0.05, 0) is 32.7 Å². The number of nitrogens with two attached hydrogens (primary N) is 1. The van der Waals surface area contributed by atoms with E-state index in [2.05, 4.69) is 11.9 Å². The van der Waals surface area contributed by atoms with Crippen molar-refractivity contribution in [3.63, 3.8) is 0 Å². The summed E-state index contributed by atoms with van der Waals surface area (Å²) in [4.78, 5) is 2.52. The minimum atomic E-state index is 0.494. The third kappa shape index (κ3) is 0.867. The van der Waals surface area contributed by atoms with Gasteiger partial charge in [-0.2, -0.15) is 0 Å². The molecule has 0 radical (unpaired) electrons. The first-order valence-electron chi connectivity index (χ1n) is 4.25. The van der Waals surface area contributed by atoms with Gasteiger partial charge in [0.15, 0.2) is 0 Å². The van der Waals surface area contributed by atoms with Crippen LogP contribution in [0.5, 0.6) is 0 Å². The normalized spacial score (nSPS) is 48.0. The van der Waals surface area contributed by atoms with Crippen molar-refractivity contribution in [2.24, 2.45) is 5.73 Å². The van der Waals surface area contributed by atoms with Gasteiger partial charge in [-0.25, -0.2) is 0 Å². The molecule has 3 atom stereocenters. The number of hydrogen-bond donors (Lipinski definition) is 1. The van der Waals surface area contributed by atoms with Crippen LogP contribution in [0, 0.1) is 0 Å². The van der Waals surface area contributed by atoms with Gasteiger partial charge < -0.3 is 10.6 Å². The van der Waals surface area contributed by atoms with Crippen LogP contribution in [-0.4, -0.2) is 30.1 Å². The summed E-state index contributed by atoms with van der Waals surface area (Å²) in [5.41, 5.74) is 5.89. The molecule has 2 bridgehead atoms. The van der Waals surface area contributed by atoms with Crippen LogP contribution in [0.3, 0.4) is 0 Å². The molecule has 2 aliphatic heterocycles. The molecule has 0 saturated carbocycles. The van der Waals surface area contributed by atoms with Gasteiger partial charge >= 0.3 is 0 Å². The molecule has 0 spiro atoms. The van der Waals surface area contributed by atoms with Gasteiger partial charge in [0.05, 0.1) is 0 Å². The van der Waals surface area contributed by atoms with Crippen molar-refractivity contribution >= 4 is 0 Å². The first kappa shape index (κ1) is 6.62. The van der Waals surface area contributed by atoms with Gasteiger partial charge in [0, 0.05) is 18.1 Å². The van der Waals surface area contributed by atoms with E-state index < -0.39 is 0 Å². The van der Waals surface area contributed by atoms with E-state index in [0.717, 1.165) is 12.1 Å². The highest BCUT2D eigenvalue weighted by Crippen LogP contribution is 2.33. The van der Waals surface area contributed by atoms with Crippen LogP contribution in [-0.2, 0) is 0 Å². The molecule has 10 heavy (non-hydrogen) atoms. The van der Waals surface area contributed by atoms with E-state index in [9.17, 15) is 0 Å². The molecule has 0 aromatic carbocycles. The number of hydrogen-bond acceptors (Lipinski definition) is 2. The maximum Gasteiger partial charge on any atom is 0.0110 e. The van der Waals surface area contributed by atoms with Crippen LogP contribution in [0.1, 0.15) is 25.7 Å². The summed E-state index contributed by atoms with van der Waals surface area (Å²) in [5, 5.41) is 0. The zero-order chi connectivity index (χ0) is 7.14. The van der Waals surface area contributed by atoms with Crippen molar-refractivity contribution in [3.05, 3.63) is 0 Å². The summed E-state index contributed by atoms with van der Waals surface area (Å²) in [6, 6.07) is 2.12. The van der Waals surface area contributed by atoms with E-state index >= 15 is 0 Å². The molecule has 0 aromatic rings. The summed E-state index contributed by atoms with van der Waals surface area (Å²) >= 11 is 0.